The predicted octanol–water partition coefficient (Wildman–Crippen LogP) is 4.07. The van der Waals surface area contributed by atoms with Gasteiger partial charge in [-0.2, -0.15) is 0 Å². The Hall–Kier alpha value is -2.09. The van der Waals surface area contributed by atoms with E-state index in [1.54, 1.807) is 25.1 Å². The largest absolute Gasteiger partial charge is 0.593 e. The van der Waals surface area contributed by atoms with Crippen molar-refractivity contribution in [2.45, 2.75) is 37.8 Å². The number of anilines is 1. The molecule has 138 valence electrons. The van der Waals surface area contributed by atoms with E-state index in [0.29, 0.717) is 29.0 Å². The Bertz CT molecular complexity index is 788. The molecule has 0 spiro atoms. The van der Waals surface area contributed by atoms with Crippen molar-refractivity contribution in [3.8, 4) is 0 Å². The zero-order chi connectivity index (χ0) is 18.7. The molecule has 2 aromatic carbocycles. The molecule has 0 saturated carbocycles. The number of fused-ring (bicyclic) bond motifs is 1. The number of nitrogens with one attached hydrogen (secondary N) is 1. The molecule has 0 saturated heterocycles. The van der Waals surface area contributed by atoms with Crippen molar-refractivity contribution < 1.29 is 18.5 Å². The number of carbonyl (C=O) groups excluding carboxylic acids is 1. The minimum absolute atomic E-state index is 0.236. The molecule has 7 heteroatoms. The highest BCUT2D eigenvalue weighted by Crippen LogP contribution is 2.37. The zero-order valence-electron chi connectivity index (χ0n) is 14.7. The maximum Gasteiger partial charge on any atom is 0.414 e. The van der Waals surface area contributed by atoms with E-state index in [0.717, 1.165) is 0 Å². The van der Waals surface area contributed by atoms with Crippen molar-refractivity contribution in [1.82, 2.24) is 4.72 Å². The van der Waals surface area contributed by atoms with E-state index in [1.807, 2.05) is 25.1 Å². The van der Waals surface area contributed by atoms with E-state index in [-0.39, 0.29) is 12.2 Å². The van der Waals surface area contributed by atoms with Gasteiger partial charge in [0.1, 0.15) is 11.9 Å². The Balaban J connectivity index is 1.81. The lowest BCUT2D eigenvalue weighted by Crippen LogP contribution is -2.38. The molecule has 0 radical (unpaired) electrons. The van der Waals surface area contributed by atoms with Crippen LogP contribution in [0.4, 0.5) is 14.9 Å². The van der Waals surface area contributed by atoms with Crippen molar-refractivity contribution >= 4 is 23.1 Å². The summed E-state index contributed by atoms with van der Waals surface area (Å²) >= 11 is -1.38. The standard InChI is InChI=1S/C19H21FN2O3S/c1-3-9-22-18-16(13(2)25-19(22)23)10-14(11-17(18)20)12-21-26(24)15-7-5-4-6-8-15/h4-8,10-11,13,21H,3,9,12H2,1-2H3. The Kier molecular flexibility index (Phi) is 5.80. The highest BCUT2D eigenvalue weighted by molar-refractivity contribution is 7.89. The molecule has 1 aliphatic heterocycles. The van der Waals surface area contributed by atoms with Crippen molar-refractivity contribution in [3.05, 3.63) is 59.4 Å². The van der Waals surface area contributed by atoms with Gasteiger partial charge in [-0.15, -0.1) is 4.72 Å². The first-order chi connectivity index (χ1) is 12.5. The third kappa shape index (κ3) is 3.85. The number of hydrogen-bond acceptors (Lipinski definition) is 4. The maximum atomic E-state index is 14.7. The highest BCUT2D eigenvalue weighted by Gasteiger charge is 2.33. The van der Waals surface area contributed by atoms with Crippen LogP contribution in [0, 0.1) is 5.82 Å². The van der Waals surface area contributed by atoms with Crippen LogP contribution in [0.15, 0.2) is 47.4 Å². The summed E-state index contributed by atoms with van der Waals surface area (Å²) in [5, 5.41) is 0. The third-order valence-corrected chi connectivity index (χ3v) is 5.28. The fourth-order valence-electron chi connectivity index (χ4n) is 2.95. The number of amides is 1. The number of ether oxygens (including phenoxy) is 1. The summed E-state index contributed by atoms with van der Waals surface area (Å²) in [5.74, 6) is -0.471. The van der Waals surface area contributed by atoms with E-state index in [1.165, 1.54) is 11.0 Å². The molecule has 1 heterocycles. The Labute approximate surface area is 155 Å². The first-order valence-corrected chi connectivity index (χ1v) is 9.67. The van der Waals surface area contributed by atoms with Gasteiger partial charge >= 0.3 is 6.09 Å². The van der Waals surface area contributed by atoms with E-state index in [4.69, 9.17) is 4.74 Å². The van der Waals surface area contributed by atoms with Crippen molar-refractivity contribution in [2.24, 2.45) is 0 Å². The normalized spacial score (nSPS) is 17.6. The molecule has 0 fully saturated rings. The summed E-state index contributed by atoms with van der Waals surface area (Å²) in [4.78, 5) is 14.0. The molecule has 1 N–H and O–H groups in total. The van der Waals surface area contributed by atoms with Crippen molar-refractivity contribution in [2.75, 3.05) is 11.4 Å². The number of benzene rings is 2. The van der Waals surface area contributed by atoms with E-state index in [2.05, 4.69) is 4.72 Å². The summed E-state index contributed by atoms with van der Waals surface area (Å²) in [7, 11) is 0. The topological polar surface area (TPSA) is 64.6 Å². The van der Waals surface area contributed by atoms with Gasteiger partial charge in [-0.05, 0) is 43.2 Å². The van der Waals surface area contributed by atoms with Gasteiger partial charge < -0.3 is 9.29 Å². The van der Waals surface area contributed by atoms with Gasteiger partial charge in [-0.3, -0.25) is 4.90 Å². The second-order valence-corrected chi connectivity index (χ2v) is 7.39. The summed E-state index contributed by atoms with van der Waals surface area (Å²) in [5.41, 5.74) is 1.55. The molecule has 2 unspecified atom stereocenters. The van der Waals surface area contributed by atoms with Crippen LogP contribution in [-0.4, -0.2) is 17.2 Å². The number of rotatable bonds is 6. The van der Waals surface area contributed by atoms with E-state index >= 15 is 0 Å². The zero-order valence-corrected chi connectivity index (χ0v) is 15.5. The second kappa shape index (κ2) is 8.07. The van der Waals surface area contributed by atoms with Gasteiger partial charge in [0.05, 0.1) is 23.6 Å². The van der Waals surface area contributed by atoms with E-state index in [9.17, 15) is 13.7 Å². The fourth-order valence-corrected chi connectivity index (χ4v) is 3.82. The number of carbonyl (C=O) groups is 1. The molecule has 26 heavy (non-hydrogen) atoms. The molecule has 5 nitrogen and oxygen atoms in total. The summed E-state index contributed by atoms with van der Waals surface area (Å²) in [6, 6.07) is 12.2. The van der Waals surface area contributed by atoms with Gasteiger partial charge in [0, 0.05) is 12.1 Å². The fraction of sp³-hybridized carbons (Fsp3) is 0.316. The van der Waals surface area contributed by atoms with Gasteiger partial charge in [0.25, 0.3) is 0 Å². The minimum atomic E-state index is -1.38. The van der Waals surface area contributed by atoms with Crippen LogP contribution < -0.4 is 9.62 Å². The molecule has 3 rings (SSSR count). The summed E-state index contributed by atoms with van der Waals surface area (Å²) < 4.78 is 35.2. The van der Waals surface area contributed by atoms with Crippen molar-refractivity contribution in [3.63, 3.8) is 0 Å². The molecule has 0 bridgehead atoms. The van der Waals surface area contributed by atoms with Crippen LogP contribution >= 0.6 is 0 Å². The van der Waals surface area contributed by atoms with Crippen LogP contribution in [0.25, 0.3) is 0 Å². The van der Waals surface area contributed by atoms with E-state index < -0.39 is 29.4 Å². The average Bonchev–Trinajstić information content (AvgIpc) is 2.64. The quantitative estimate of drug-likeness (QED) is 0.772. The van der Waals surface area contributed by atoms with Crippen molar-refractivity contribution in [1.29, 1.82) is 0 Å². The first-order valence-electron chi connectivity index (χ1n) is 8.52. The highest BCUT2D eigenvalue weighted by atomic mass is 32.2. The smallest absolute Gasteiger partial charge is 0.414 e. The summed E-state index contributed by atoms with van der Waals surface area (Å²) in [6.45, 7) is 4.27. The SMILES string of the molecule is CCCN1C(=O)OC(C)c2cc(CN[S+]([O-])c3ccccc3)cc(F)c21. The molecule has 2 atom stereocenters. The first kappa shape index (κ1) is 18.7. The molecule has 1 aliphatic rings. The average molecular weight is 376 g/mol. The number of cyclic esters (lactones) is 1. The lowest BCUT2D eigenvalue weighted by Gasteiger charge is -2.33. The molecule has 0 aliphatic carbocycles. The Morgan fingerprint density at radius 1 is 1.31 bits per heavy atom. The lowest BCUT2D eigenvalue weighted by molar-refractivity contribution is 0.107. The van der Waals surface area contributed by atoms with Crippen LogP contribution in [-0.2, 0) is 22.6 Å². The molecular weight excluding hydrogens is 355 g/mol. The van der Waals surface area contributed by atoms with Gasteiger partial charge in [-0.1, -0.05) is 25.1 Å². The van der Waals surface area contributed by atoms with Gasteiger partial charge in [0.2, 0.25) is 0 Å². The predicted molar refractivity (Wildman–Crippen MR) is 98.6 cm³/mol. The molecular formula is C19H21FN2O3S. The van der Waals surface area contributed by atoms with Crippen LogP contribution in [0.1, 0.15) is 37.5 Å². The monoisotopic (exact) mass is 376 g/mol. The maximum absolute atomic E-state index is 14.7. The number of halogens is 1. The second-order valence-electron chi connectivity index (χ2n) is 6.10. The Morgan fingerprint density at radius 2 is 2.04 bits per heavy atom. The van der Waals surface area contributed by atoms with Gasteiger partial charge in [0.15, 0.2) is 4.90 Å². The summed E-state index contributed by atoms with van der Waals surface area (Å²) in [6.07, 6.45) is -0.358. The number of hydrogen-bond donors (Lipinski definition) is 1. The Morgan fingerprint density at radius 3 is 2.73 bits per heavy atom. The number of nitrogens with zero attached hydrogens (tertiary/aromatic N) is 1. The van der Waals surface area contributed by atoms with Crippen LogP contribution in [0.3, 0.4) is 0 Å². The van der Waals surface area contributed by atoms with Crippen LogP contribution in [0.5, 0.6) is 0 Å². The third-order valence-electron chi connectivity index (χ3n) is 4.17. The van der Waals surface area contributed by atoms with Gasteiger partial charge in [-0.25, -0.2) is 9.18 Å². The molecule has 2 aromatic rings. The molecule has 0 aromatic heterocycles. The van der Waals surface area contributed by atoms with Crippen LogP contribution in [0.2, 0.25) is 0 Å². The minimum Gasteiger partial charge on any atom is -0.593 e. The lowest BCUT2D eigenvalue weighted by atomic mass is 10.0. The molecule has 1 amide bonds.